The lowest BCUT2D eigenvalue weighted by molar-refractivity contribution is -0.154. The van der Waals surface area contributed by atoms with Crippen LogP contribution in [0.4, 0.5) is 4.79 Å². The van der Waals surface area contributed by atoms with Crippen LogP contribution >= 0.6 is 0 Å². The fraction of sp³-hybridized carbons (Fsp3) is 0.857. The van der Waals surface area contributed by atoms with E-state index in [1.54, 1.807) is 4.90 Å². The molecule has 2 aliphatic rings. The number of nitrogens with one attached hydrogen (secondary N) is 1. The quantitative estimate of drug-likeness (QED) is 0.800. The number of carboxylic acids is 1. The number of carbonyl (C=O) groups is 2. The second-order valence-electron chi connectivity index (χ2n) is 6.39. The van der Waals surface area contributed by atoms with E-state index in [1.165, 1.54) is 0 Å². The first-order valence-electron chi connectivity index (χ1n) is 7.33. The minimum Gasteiger partial charge on any atom is -0.481 e. The highest BCUT2D eigenvalue weighted by atomic mass is 16.5. The molecule has 120 valence electrons. The molecule has 2 aliphatic heterocycles. The standard InChI is InChI=1S/C14H24N2O5/c1-13(2)10-16(5-8-21-13)12(19)15-9-14(11(17)18)3-6-20-7-4-14/h3-10H2,1-2H3,(H,15,19)(H,17,18). The maximum Gasteiger partial charge on any atom is 0.317 e. The number of urea groups is 1. The van der Waals surface area contributed by atoms with E-state index in [0.717, 1.165) is 0 Å². The van der Waals surface area contributed by atoms with E-state index < -0.39 is 11.4 Å². The van der Waals surface area contributed by atoms with Gasteiger partial charge in [-0.15, -0.1) is 0 Å². The lowest BCUT2D eigenvalue weighted by Crippen LogP contribution is -2.55. The molecule has 0 aromatic rings. The van der Waals surface area contributed by atoms with E-state index >= 15 is 0 Å². The Hall–Kier alpha value is -1.34. The van der Waals surface area contributed by atoms with Gasteiger partial charge in [0, 0.05) is 26.3 Å². The molecule has 0 aromatic heterocycles. The van der Waals surface area contributed by atoms with Crippen LogP contribution in [0.25, 0.3) is 0 Å². The number of hydrogen-bond acceptors (Lipinski definition) is 4. The lowest BCUT2D eigenvalue weighted by Gasteiger charge is -2.39. The monoisotopic (exact) mass is 300 g/mol. The van der Waals surface area contributed by atoms with E-state index in [2.05, 4.69) is 5.32 Å². The highest BCUT2D eigenvalue weighted by Crippen LogP contribution is 2.30. The van der Waals surface area contributed by atoms with Gasteiger partial charge in [-0.2, -0.15) is 0 Å². The summed E-state index contributed by atoms with van der Waals surface area (Å²) in [5.74, 6) is -0.867. The van der Waals surface area contributed by atoms with Gasteiger partial charge in [-0.05, 0) is 26.7 Å². The summed E-state index contributed by atoms with van der Waals surface area (Å²) in [7, 11) is 0. The molecule has 7 nitrogen and oxygen atoms in total. The smallest absolute Gasteiger partial charge is 0.317 e. The van der Waals surface area contributed by atoms with Crippen molar-refractivity contribution in [2.24, 2.45) is 5.41 Å². The van der Waals surface area contributed by atoms with E-state index in [4.69, 9.17) is 9.47 Å². The highest BCUT2D eigenvalue weighted by Gasteiger charge is 2.41. The van der Waals surface area contributed by atoms with Crippen LogP contribution in [0.15, 0.2) is 0 Å². The fourth-order valence-corrected chi connectivity index (χ4v) is 2.77. The Morgan fingerprint density at radius 3 is 2.48 bits per heavy atom. The van der Waals surface area contributed by atoms with Gasteiger partial charge in [0.15, 0.2) is 0 Å². The first-order chi connectivity index (χ1) is 9.85. The number of hydrogen-bond donors (Lipinski definition) is 2. The second-order valence-corrected chi connectivity index (χ2v) is 6.39. The minimum atomic E-state index is -0.907. The molecule has 2 amide bonds. The van der Waals surface area contributed by atoms with Crippen molar-refractivity contribution in [3.8, 4) is 0 Å². The molecule has 0 spiro atoms. The molecule has 0 saturated carbocycles. The Kier molecular flexibility index (Phi) is 4.73. The van der Waals surface area contributed by atoms with Gasteiger partial charge in [0.05, 0.1) is 24.2 Å². The van der Waals surface area contributed by atoms with Crippen molar-refractivity contribution in [2.75, 3.05) is 39.5 Å². The summed E-state index contributed by atoms with van der Waals surface area (Å²) in [6.45, 7) is 6.38. The number of carboxylic acid groups (broad SMARTS) is 1. The van der Waals surface area contributed by atoms with Gasteiger partial charge in [-0.25, -0.2) is 4.79 Å². The predicted octanol–water partition coefficient (Wildman–Crippen LogP) is 0.688. The summed E-state index contributed by atoms with van der Waals surface area (Å²) in [6, 6.07) is -0.224. The molecule has 7 heteroatoms. The van der Waals surface area contributed by atoms with Crippen molar-refractivity contribution < 1.29 is 24.2 Å². The van der Waals surface area contributed by atoms with Crippen LogP contribution in [0.5, 0.6) is 0 Å². The average molecular weight is 300 g/mol. The third-order valence-electron chi connectivity index (χ3n) is 4.19. The van der Waals surface area contributed by atoms with Crippen LogP contribution in [-0.2, 0) is 14.3 Å². The van der Waals surface area contributed by atoms with Crippen molar-refractivity contribution in [2.45, 2.75) is 32.3 Å². The first kappa shape index (κ1) is 16.0. The molecule has 2 heterocycles. The maximum absolute atomic E-state index is 12.2. The van der Waals surface area contributed by atoms with E-state index in [-0.39, 0.29) is 18.2 Å². The molecule has 0 aromatic carbocycles. The second kappa shape index (κ2) is 6.19. The summed E-state index contributed by atoms with van der Waals surface area (Å²) >= 11 is 0. The number of nitrogens with zero attached hydrogens (tertiary/aromatic N) is 1. The van der Waals surface area contributed by atoms with Crippen molar-refractivity contribution in [1.29, 1.82) is 0 Å². The highest BCUT2D eigenvalue weighted by molar-refractivity contribution is 5.78. The van der Waals surface area contributed by atoms with E-state index in [9.17, 15) is 14.7 Å². The maximum atomic E-state index is 12.2. The molecule has 2 saturated heterocycles. The number of ether oxygens (including phenoxy) is 2. The molecule has 0 unspecified atom stereocenters. The van der Waals surface area contributed by atoms with Crippen LogP contribution in [0.2, 0.25) is 0 Å². The fourth-order valence-electron chi connectivity index (χ4n) is 2.77. The lowest BCUT2D eigenvalue weighted by atomic mass is 9.80. The summed E-state index contributed by atoms with van der Waals surface area (Å²) in [6.07, 6.45) is 0.856. The normalized spacial score (nSPS) is 24.4. The van der Waals surface area contributed by atoms with Gasteiger partial charge in [0.2, 0.25) is 0 Å². The van der Waals surface area contributed by atoms with Crippen molar-refractivity contribution in [1.82, 2.24) is 10.2 Å². The molecule has 0 aliphatic carbocycles. The Balaban J connectivity index is 1.91. The summed E-state index contributed by atoms with van der Waals surface area (Å²) in [5, 5.41) is 12.2. The molecule has 0 atom stereocenters. The zero-order valence-electron chi connectivity index (χ0n) is 12.7. The Morgan fingerprint density at radius 2 is 1.90 bits per heavy atom. The number of amides is 2. The molecule has 0 radical (unpaired) electrons. The molecule has 21 heavy (non-hydrogen) atoms. The average Bonchev–Trinajstić information content (AvgIpc) is 2.44. The third-order valence-corrected chi connectivity index (χ3v) is 4.19. The number of aliphatic carboxylic acids is 1. The van der Waals surface area contributed by atoms with Crippen molar-refractivity contribution in [3.05, 3.63) is 0 Å². The van der Waals surface area contributed by atoms with Gasteiger partial charge in [-0.3, -0.25) is 4.79 Å². The Morgan fingerprint density at radius 1 is 1.24 bits per heavy atom. The number of rotatable bonds is 3. The molecular weight excluding hydrogens is 276 g/mol. The molecular formula is C14H24N2O5. The first-order valence-corrected chi connectivity index (χ1v) is 7.33. The van der Waals surface area contributed by atoms with Gasteiger partial charge in [-0.1, -0.05) is 0 Å². The largest absolute Gasteiger partial charge is 0.481 e. The van der Waals surface area contributed by atoms with Gasteiger partial charge >= 0.3 is 12.0 Å². The van der Waals surface area contributed by atoms with Crippen LogP contribution in [0.1, 0.15) is 26.7 Å². The van der Waals surface area contributed by atoms with Crippen LogP contribution in [0, 0.1) is 5.41 Å². The van der Waals surface area contributed by atoms with Crippen LogP contribution < -0.4 is 5.32 Å². The zero-order chi connectivity index (χ0) is 15.5. The third kappa shape index (κ3) is 3.85. The summed E-state index contributed by atoms with van der Waals surface area (Å²) < 4.78 is 10.8. The van der Waals surface area contributed by atoms with Gasteiger partial charge in [0.25, 0.3) is 0 Å². The molecule has 2 fully saturated rings. The number of morpholine rings is 1. The summed E-state index contributed by atoms with van der Waals surface area (Å²) in [4.78, 5) is 25.4. The Labute approximate surface area is 124 Å². The minimum absolute atomic E-state index is 0.141. The predicted molar refractivity (Wildman–Crippen MR) is 75.1 cm³/mol. The zero-order valence-corrected chi connectivity index (χ0v) is 12.7. The van der Waals surface area contributed by atoms with E-state index in [0.29, 0.717) is 45.8 Å². The summed E-state index contributed by atoms with van der Waals surface area (Å²) in [5.41, 5.74) is -1.27. The van der Waals surface area contributed by atoms with Crippen molar-refractivity contribution in [3.63, 3.8) is 0 Å². The van der Waals surface area contributed by atoms with Crippen LogP contribution in [0.3, 0.4) is 0 Å². The van der Waals surface area contributed by atoms with Gasteiger partial charge in [0.1, 0.15) is 0 Å². The molecule has 0 bridgehead atoms. The van der Waals surface area contributed by atoms with Crippen LogP contribution in [-0.4, -0.2) is 67.1 Å². The SMILES string of the molecule is CC1(C)CN(C(=O)NCC2(C(=O)O)CCOCC2)CCO1. The molecule has 2 N–H and O–H groups in total. The van der Waals surface area contributed by atoms with Gasteiger partial charge < -0.3 is 24.8 Å². The molecule has 2 rings (SSSR count). The van der Waals surface area contributed by atoms with Crippen molar-refractivity contribution >= 4 is 12.0 Å². The Bertz CT molecular complexity index is 404. The topological polar surface area (TPSA) is 88.1 Å². The van der Waals surface area contributed by atoms with E-state index in [1.807, 2.05) is 13.8 Å². The number of carbonyl (C=O) groups excluding carboxylic acids is 1.